The topological polar surface area (TPSA) is 66.8 Å². The van der Waals surface area contributed by atoms with Gasteiger partial charge in [-0.05, 0) is 49.6 Å². The highest BCUT2D eigenvalue weighted by Crippen LogP contribution is 2.40. The first-order valence-corrected chi connectivity index (χ1v) is 10.1. The molecule has 0 radical (unpaired) electrons. The number of aryl methyl sites for hydroxylation is 1. The van der Waals surface area contributed by atoms with Crippen molar-refractivity contribution in [3.05, 3.63) is 75.8 Å². The molecule has 2 aliphatic heterocycles. The lowest BCUT2D eigenvalue weighted by atomic mass is 9.94. The van der Waals surface area contributed by atoms with Crippen molar-refractivity contribution in [1.29, 1.82) is 0 Å². The Kier molecular flexibility index (Phi) is 5.43. The maximum atomic E-state index is 12.9. The normalized spacial score (nSPS) is 23.7. The minimum absolute atomic E-state index is 0.0965. The second-order valence-electron chi connectivity index (χ2n) is 7.50. The summed E-state index contributed by atoms with van der Waals surface area (Å²) < 4.78 is 5.70. The van der Waals surface area contributed by atoms with Crippen molar-refractivity contribution in [2.75, 3.05) is 13.2 Å². The molecular formula is C23H22ClNO4. The highest BCUT2D eigenvalue weighted by Gasteiger charge is 2.47. The molecule has 150 valence electrons. The van der Waals surface area contributed by atoms with E-state index in [1.165, 1.54) is 4.90 Å². The van der Waals surface area contributed by atoms with Gasteiger partial charge in [-0.3, -0.25) is 9.59 Å². The van der Waals surface area contributed by atoms with Gasteiger partial charge in [-0.15, -0.1) is 0 Å². The molecule has 2 unspecified atom stereocenters. The molecule has 0 saturated carbocycles. The third-order valence-electron chi connectivity index (χ3n) is 5.48. The second kappa shape index (κ2) is 8.01. The quantitative estimate of drug-likeness (QED) is 0.464. The van der Waals surface area contributed by atoms with Gasteiger partial charge in [0.1, 0.15) is 5.76 Å². The maximum Gasteiger partial charge on any atom is 0.295 e. The molecule has 0 aromatic heterocycles. The Hall–Kier alpha value is -2.63. The Bertz CT molecular complexity index is 959. The van der Waals surface area contributed by atoms with Gasteiger partial charge in [0.25, 0.3) is 11.7 Å². The third kappa shape index (κ3) is 3.80. The van der Waals surface area contributed by atoms with Crippen LogP contribution in [0.1, 0.15) is 35.6 Å². The Morgan fingerprint density at radius 3 is 2.45 bits per heavy atom. The molecule has 2 atom stereocenters. The summed E-state index contributed by atoms with van der Waals surface area (Å²) in [4.78, 5) is 27.4. The van der Waals surface area contributed by atoms with E-state index in [1.54, 1.807) is 24.3 Å². The average molecular weight is 412 g/mol. The number of Topliss-reactive ketones (excluding diaryl/α,β-unsaturated/α-hetero) is 1. The highest BCUT2D eigenvalue weighted by atomic mass is 35.5. The molecule has 2 saturated heterocycles. The van der Waals surface area contributed by atoms with Crippen LogP contribution in [-0.2, 0) is 14.3 Å². The second-order valence-corrected chi connectivity index (χ2v) is 7.94. The van der Waals surface area contributed by atoms with Crippen LogP contribution in [0.15, 0.2) is 54.1 Å². The van der Waals surface area contributed by atoms with E-state index in [4.69, 9.17) is 16.3 Å². The number of likely N-dealkylation sites (tertiary alicyclic amines) is 1. The minimum Gasteiger partial charge on any atom is -0.507 e. The van der Waals surface area contributed by atoms with Gasteiger partial charge in [-0.1, -0.05) is 41.4 Å². The molecule has 2 heterocycles. The number of carbonyl (C=O) groups excluding carboxylic acids is 2. The molecule has 1 amide bonds. The van der Waals surface area contributed by atoms with E-state index in [-0.39, 0.29) is 17.4 Å². The van der Waals surface area contributed by atoms with E-state index in [1.807, 2.05) is 31.2 Å². The molecule has 6 heteroatoms. The fraction of sp³-hybridized carbons (Fsp3) is 0.304. The van der Waals surface area contributed by atoms with E-state index in [2.05, 4.69) is 0 Å². The number of aliphatic hydroxyl groups excluding tert-OH is 1. The summed E-state index contributed by atoms with van der Waals surface area (Å²) in [6, 6.07) is 13.5. The van der Waals surface area contributed by atoms with Gasteiger partial charge in [0.2, 0.25) is 0 Å². The number of aliphatic hydroxyl groups is 1. The largest absolute Gasteiger partial charge is 0.507 e. The number of halogens is 1. The Morgan fingerprint density at radius 1 is 1.14 bits per heavy atom. The van der Waals surface area contributed by atoms with Gasteiger partial charge in [0, 0.05) is 23.7 Å². The molecule has 1 N–H and O–H groups in total. The van der Waals surface area contributed by atoms with Crippen molar-refractivity contribution >= 4 is 29.1 Å². The smallest absolute Gasteiger partial charge is 0.295 e. The molecule has 4 rings (SSSR count). The zero-order chi connectivity index (χ0) is 20.5. The predicted molar refractivity (Wildman–Crippen MR) is 111 cm³/mol. The summed E-state index contributed by atoms with van der Waals surface area (Å²) in [5, 5.41) is 11.5. The van der Waals surface area contributed by atoms with Crippen LogP contribution in [-0.4, -0.2) is 41.0 Å². The van der Waals surface area contributed by atoms with Gasteiger partial charge < -0.3 is 14.7 Å². The predicted octanol–water partition coefficient (Wildman–Crippen LogP) is 4.25. The first kappa shape index (κ1) is 19.7. The first-order valence-electron chi connectivity index (χ1n) is 9.68. The van der Waals surface area contributed by atoms with Crippen LogP contribution >= 0.6 is 11.6 Å². The Morgan fingerprint density at radius 2 is 1.83 bits per heavy atom. The lowest BCUT2D eigenvalue weighted by molar-refractivity contribution is -0.140. The standard InChI is InChI=1S/C23H22ClNO4/c1-14-4-6-15(7-5-14)20-19(21(26)16-8-10-17(24)11-9-16)22(27)23(28)25(20)13-18-3-2-12-29-18/h4-11,18,20,26H,2-3,12-13H2,1H3/b21-19-. The van der Waals surface area contributed by atoms with E-state index in [0.717, 1.165) is 24.0 Å². The molecule has 0 bridgehead atoms. The number of carbonyl (C=O) groups is 2. The number of ether oxygens (including phenoxy) is 1. The fourth-order valence-corrected chi connectivity index (χ4v) is 4.06. The summed E-state index contributed by atoms with van der Waals surface area (Å²) >= 11 is 5.94. The van der Waals surface area contributed by atoms with Crippen LogP contribution in [0.25, 0.3) is 5.76 Å². The Labute approximate surface area is 174 Å². The zero-order valence-electron chi connectivity index (χ0n) is 16.1. The molecule has 2 aromatic carbocycles. The first-order chi connectivity index (χ1) is 14.0. The molecule has 2 aliphatic rings. The highest BCUT2D eigenvalue weighted by molar-refractivity contribution is 6.46. The molecule has 2 aromatic rings. The van der Waals surface area contributed by atoms with E-state index in [0.29, 0.717) is 23.7 Å². The van der Waals surface area contributed by atoms with Crippen molar-refractivity contribution in [2.24, 2.45) is 0 Å². The van der Waals surface area contributed by atoms with Gasteiger partial charge in [0.05, 0.1) is 17.7 Å². The van der Waals surface area contributed by atoms with E-state index in [9.17, 15) is 14.7 Å². The van der Waals surface area contributed by atoms with Crippen LogP contribution < -0.4 is 0 Å². The zero-order valence-corrected chi connectivity index (χ0v) is 16.9. The number of benzene rings is 2. The van der Waals surface area contributed by atoms with Crippen LogP contribution in [0.4, 0.5) is 0 Å². The molecule has 5 nitrogen and oxygen atoms in total. The lowest BCUT2D eigenvalue weighted by Crippen LogP contribution is -2.36. The van der Waals surface area contributed by atoms with Crippen molar-refractivity contribution in [2.45, 2.75) is 31.9 Å². The molecular weight excluding hydrogens is 390 g/mol. The van der Waals surface area contributed by atoms with Crippen molar-refractivity contribution in [3.63, 3.8) is 0 Å². The van der Waals surface area contributed by atoms with Crippen molar-refractivity contribution in [1.82, 2.24) is 4.90 Å². The number of rotatable bonds is 4. The fourth-order valence-electron chi connectivity index (χ4n) is 3.93. The number of nitrogens with zero attached hydrogens (tertiary/aromatic N) is 1. The van der Waals surface area contributed by atoms with Gasteiger partial charge in [0.15, 0.2) is 0 Å². The van der Waals surface area contributed by atoms with Gasteiger partial charge in [-0.2, -0.15) is 0 Å². The van der Waals surface area contributed by atoms with E-state index < -0.39 is 17.7 Å². The summed E-state index contributed by atoms with van der Waals surface area (Å²) in [6.45, 7) is 2.95. The molecule has 0 aliphatic carbocycles. The number of amides is 1. The number of ketones is 1. The summed E-state index contributed by atoms with van der Waals surface area (Å²) in [5.41, 5.74) is 2.40. The third-order valence-corrected chi connectivity index (χ3v) is 5.73. The Balaban J connectivity index is 1.81. The SMILES string of the molecule is Cc1ccc(C2/C(=C(/O)c3ccc(Cl)cc3)C(=O)C(=O)N2CC2CCCO2)cc1. The van der Waals surface area contributed by atoms with Crippen LogP contribution in [0.3, 0.4) is 0 Å². The van der Waals surface area contributed by atoms with Crippen molar-refractivity contribution in [3.8, 4) is 0 Å². The van der Waals surface area contributed by atoms with Crippen LogP contribution in [0.5, 0.6) is 0 Å². The molecule has 29 heavy (non-hydrogen) atoms. The van der Waals surface area contributed by atoms with Gasteiger partial charge in [-0.25, -0.2) is 0 Å². The van der Waals surface area contributed by atoms with Crippen molar-refractivity contribution < 1.29 is 19.4 Å². The average Bonchev–Trinajstić information content (AvgIpc) is 3.31. The molecule has 0 spiro atoms. The number of hydrogen-bond donors (Lipinski definition) is 1. The summed E-state index contributed by atoms with van der Waals surface area (Å²) in [7, 11) is 0. The summed E-state index contributed by atoms with van der Waals surface area (Å²) in [6.07, 6.45) is 1.69. The number of hydrogen-bond acceptors (Lipinski definition) is 4. The van der Waals surface area contributed by atoms with E-state index >= 15 is 0 Å². The monoisotopic (exact) mass is 411 g/mol. The molecule has 2 fully saturated rings. The van der Waals surface area contributed by atoms with Gasteiger partial charge >= 0.3 is 0 Å². The van der Waals surface area contributed by atoms with Crippen LogP contribution in [0, 0.1) is 6.92 Å². The lowest BCUT2D eigenvalue weighted by Gasteiger charge is -2.27. The summed E-state index contributed by atoms with van der Waals surface area (Å²) in [5.74, 6) is -1.48. The maximum absolute atomic E-state index is 12.9. The van der Waals surface area contributed by atoms with Crippen LogP contribution in [0.2, 0.25) is 5.02 Å². The minimum atomic E-state index is -0.680.